The number of hydrogen-bond acceptors (Lipinski definition) is 2. The molecule has 1 saturated heterocycles. The van der Waals surface area contributed by atoms with Gasteiger partial charge in [-0.05, 0) is 55.9 Å². The zero-order valence-electron chi connectivity index (χ0n) is 14.4. The van der Waals surface area contributed by atoms with Crippen molar-refractivity contribution in [2.75, 3.05) is 19.6 Å². The highest BCUT2D eigenvalue weighted by atomic mass is 15.2. The van der Waals surface area contributed by atoms with Gasteiger partial charge in [-0.2, -0.15) is 0 Å². The molecule has 1 aliphatic carbocycles. The summed E-state index contributed by atoms with van der Waals surface area (Å²) >= 11 is 0. The maximum atomic E-state index is 3.83. The van der Waals surface area contributed by atoms with Crippen LogP contribution in [0.1, 0.15) is 60.3 Å². The molecule has 0 aromatic rings. The molecule has 2 nitrogen and oxygen atoms in total. The van der Waals surface area contributed by atoms with Crippen LogP contribution in [0.3, 0.4) is 0 Å². The highest BCUT2D eigenvalue weighted by molar-refractivity contribution is 4.93. The van der Waals surface area contributed by atoms with Crippen LogP contribution in [0.5, 0.6) is 0 Å². The number of hydrogen-bond donors (Lipinski definition) is 1. The second-order valence-electron chi connectivity index (χ2n) is 8.01. The van der Waals surface area contributed by atoms with E-state index in [1.165, 1.54) is 45.3 Å². The third-order valence-electron chi connectivity index (χ3n) is 5.32. The molecule has 0 spiro atoms. The van der Waals surface area contributed by atoms with Gasteiger partial charge in [0.1, 0.15) is 0 Å². The number of likely N-dealkylation sites (tertiary alicyclic amines) is 1. The maximum absolute atomic E-state index is 3.83. The summed E-state index contributed by atoms with van der Waals surface area (Å²) in [6, 6.07) is 1.58. The van der Waals surface area contributed by atoms with Crippen LogP contribution in [0.25, 0.3) is 0 Å². The number of nitrogens with zero attached hydrogens (tertiary/aromatic N) is 1. The van der Waals surface area contributed by atoms with Crippen molar-refractivity contribution in [2.45, 2.75) is 72.4 Å². The zero-order valence-corrected chi connectivity index (χ0v) is 14.4. The molecule has 20 heavy (non-hydrogen) atoms. The van der Waals surface area contributed by atoms with Crippen LogP contribution < -0.4 is 5.32 Å². The summed E-state index contributed by atoms with van der Waals surface area (Å²) in [5.41, 5.74) is 0. The first kappa shape index (κ1) is 16.3. The van der Waals surface area contributed by atoms with Crippen LogP contribution in [-0.2, 0) is 0 Å². The van der Waals surface area contributed by atoms with E-state index in [9.17, 15) is 0 Å². The van der Waals surface area contributed by atoms with Gasteiger partial charge >= 0.3 is 0 Å². The van der Waals surface area contributed by atoms with Crippen molar-refractivity contribution in [3.05, 3.63) is 0 Å². The number of nitrogens with one attached hydrogen (secondary N) is 1. The Labute approximate surface area is 126 Å². The summed E-state index contributed by atoms with van der Waals surface area (Å²) < 4.78 is 0. The van der Waals surface area contributed by atoms with Crippen molar-refractivity contribution in [3.8, 4) is 0 Å². The Bertz CT molecular complexity index is 283. The average Bonchev–Trinajstić information content (AvgIpc) is 3.21. The van der Waals surface area contributed by atoms with Gasteiger partial charge in [-0.1, -0.05) is 34.6 Å². The van der Waals surface area contributed by atoms with E-state index in [1.807, 2.05) is 0 Å². The lowest BCUT2D eigenvalue weighted by Gasteiger charge is -2.44. The van der Waals surface area contributed by atoms with Gasteiger partial charge in [-0.3, -0.25) is 4.90 Å². The van der Waals surface area contributed by atoms with E-state index in [-0.39, 0.29) is 0 Å². The Morgan fingerprint density at radius 2 is 1.75 bits per heavy atom. The van der Waals surface area contributed by atoms with Gasteiger partial charge in [0.2, 0.25) is 0 Å². The Hall–Kier alpha value is -0.0800. The fourth-order valence-corrected chi connectivity index (χ4v) is 3.85. The van der Waals surface area contributed by atoms with Gasteiger partial charge in [0, 0.05) is 25.2 Å². The molecule has 2 rings (SSSR count). The molecule has 0 bridgehead atoms. The largest absolute Gasteiger partial charge is 0.312 e. The number of piperidine rings is 1. The SMILES string of the molecule is CCC(C1CC1)N1CC(NCC(C)C)CC(C(C)C)C1. The molecule has 1 N–H and O–H groups in total. The van der Waals surface area contributed by atoms with Crippen molar-refractivity contribution in [1.29, 1.82) is 0 Å². The summed E-state index contributed by atoms with van der Waals surface area (Å²) in [6.07, 6.45) is 5.67. The van der Waals surface area contributed by atoms with Crippen LogP contribution in [0.4, 0.5) is 0 Å². The Morgan fingerprint density at radius 1 is 1.05 bits per heavy atom. The minimum absolute atomic E-state index is 0.714. The molecule has 2 fully saturated rings. The molecular weight excluding hydrogens is 244 g/mol. The van der Waals surface area contributed by atoms with E-state index in [0.717, 1.165) is 29.7 Å². The highest BCUT2D eigenvalue weighted by Crippen LogP contribution is 2.39. The molecule has 0 aromatic carbocycles. The molecule has 0 radical (unpaired) electrons. The lowest BCUT2D eigenvalue weighted by molar-refractivity contribution is 0.0663. The fraction of sp³-hybridized carbons (Fsp3) is 1.00. The van der Waals surface area contributed by atoms with Gasteiger partial charge in [-0.15, -0.1) is 0 Å². The summed E-state index contributed by atoms with van der Waals surface area (Å²) in [6.45, 7) is 15.6. The molecule has 2 heteroatoms. The maximum Gasteiger partial charge on any atom is 0.0198 e. The van der Waals surface area contributed by atoms with Crippen LogP contribution in [0, 0.1) is 23.7 Å². The minimum Gasteiger partial charge on any atom is -0.312 e. The predicted octanol–water partition coefficient (Wildman–Crippen LogP) is 3.77. The molecule has 3 atom stereocenters. The Balaban J connectivity index is 1.96. The number of rotatable bonds is 7. The van der Waals surface area contributed by atoms with Gasteiger partial charge in [-0.25, -0.2) is 0 Å². The first-order chi connectivity index (χ1) is 9.51. The predicted molar refractivity (Wildman–Crippen MR) is 87.9 cm³/mol. The van der Waals surface area contributed by atoms with Gasteiger partial charge in [0.05, 0.1) is 0 Å². The Kier molecular flexibility index (Phi) is 5.92. The van der Waals surface area contributed by atoms with E-state index < -0.39 is 0 Å². The zero-order chi connectivity index (χ0) is 14.7. The summed E-state index contributed by atoms with van der Waals surface area (Å²) in [4.78, 5) is 2.84. The first-order valence-electron chi connectivity index (χ1n) is 8.98. The van der Waals surface area contributed by atoms with Crippen LogP contribution in [0.15, 0.2) is 0 Å². The first-order valence-corrected chi connectivity index (χ1v) is 8.98. The molecule has 1 heterocycles. The van der Waals surface area contributed by atoms with Gasteiger partial charge in [0.15, 0.2) is 0 Å². The summed E-state index contributed by atoms with van der Waals surface area (Å²) in [7, 11) is 0. The van der Waals surface area contributed by atoms with Crippen LogP contribution >= 0.6 is 0 Å². The van der Waals surface area contributed by atoms with Crippen molar-refractivity contribution < 1.29 is 0 Å². The molecule has 2 aliphatic rings. The Morgan fingerprint density at radius 3 is 2.25 bits per heavy atom. The molecular formula is C18H36N2. The monoisotopic (exact) mass is 280 g/mol. The van der Waals surface area contributed by atoms with E-state index in [2.05, 4.69) is 44.8 Å². The molecule has 1 aliphatic heterocycles. The second kappa shape index (κ2) is 7.26. The van der Waals surface area contributed by atoms with E-state index in [0.29, 0.717) is 6.04 Å². The molecule has 1 saturated carbocycles. The topological polar surface area (TPSA) is 15.3 Å². The lowest BCUT2D eigenvalue weighted by atomic mass is 9.84. The van der Waals surface area contributed by atoms with Crippen molar-refractivity contribution in [3.63, 3.8) is 0 Å². The molecule has 0 amide bonds. The van der Waals surface area contributed by atoms with Crippen molar-refractivity contribution in [2.24, 2.45) is 23.7 Å². The third-order valence-corrected chi connectivity index (χ3v) is 5.32. The molecule has 3 unspecified atom stereocenters. The van der Waals surface area contributed by atoms with Gasteiger partial charge < -0.3 is 5.32 Å². The molecule has 0 aromatic heterocycles. The summed E-state index contributed by atoms with van der Waals surface area (Å²) in [5, 5.41) is 3.83. The molecule has 118 valence electrons. The summed E-state index contributed by atoms with van der Waals surface area (Å²) in [5.74, 6) is 3.46. The van der Waals surface area contributed by atoms with Gasteiger partial charge in [0.25, 0.3) is 0 Å². The van der Waals surface area contributed by atoms with Crippen LogP contribution in [-0.4, -0.2) is 36.6 Å². The normalized spacial score (nSPS) is 30.1. The average molecular weight is 281 g/mol. The van der Waals surface area contributed by atoms with E-state index >= 15 is 0 Å². The minimum atomic E-state index is 0.714. The van der Waals surface area contributed by atoms with Crippen LogP contribution in [0.2, 0.25) is 0 Å². The quantitative estimate of drug-likeness (QED) is 0.764. The van der Waals surface area contributed by atoms with E-state index in [4.69, 9.17) is 0 Å². The lowest BCUT2D eigenvalue weighted by Crippen LogP contribution is -2.54. The van der Waals surface area contributed by atoms with Crippen molar-refractivity contribution >= 4 is 0 Å². The van der Waals surface area contributed by atoms with Crippen molar-refractivity contribution in [1.82, 2.24) is 10.2 Å². The smallest absolute Gasteiger partial charge is 0.0198 e. The second-order valence-corrected chi connectivity index (χ2v) is 8.01. The highest BCUT2D eigenvalue weighted by Gasteiger charge is 2.38. The van der Waals surface area contributed by atoms with E-state index in [1.54, 1.807) is 0 Å². The third kappa shape index (κ3) is 4.46. The fourth-order valence-electron chi connectivity index (χ4n) is 3.85. The standard InChI is InChI=1S/C18H36N2/c1-6-18(15-7-8-15)20-11-16(14(4)5)9-17(12-20)19-10-13(2)3/h13-19H,6-12H2,1-5H3.